The van der Waals surface area contributed by atoms with Crippen molar-refractivity contribution in [2.75, 3.05) is 32.6 Å². The summed E-state index contributed by atoms with van der Waals surface area (Å²) in [6, 6.07) is 6.01. The minimum absolute atomic E-state index is 0.0792. The Morgan fingerprint density at radius 1 is 1.36 bits per heavy atom. The second-order valence-electron chi connectivity index (χ2n) is 5.35. The van der Waals surface area contributed by atoms with Crippen LogP contribution in [0.1, 0.15) is 19.8 Å². The molecule has 1 amide bonds. The SMILES string of the molecule is CC(CN)N(C)C(=O)CCSc1ccc2c(c1)OCCCO2. The number of nitrogens with zero attached hydrogens (tertiary/aromatic N) is 1. The molecule has 2 N–H and O–H groups in total. The van der Waals surface area contributed by atoms with Gasteiger partial charge in [-0.2, -0.15) is 0 Å². The highest BCUT2D eigenvalue weighted by molar-refractivity contribution is 7.99. The summed E-state index contributed by atoms with van der Waals surface area (Å²) in [7, 11) is 1.80. The Hall–Kier alpha value is -1.40. The van der Waals surface area contributed by atoms with Crippen LogP contribution >= 0.6 is 11.8 Å². The van der Waals surface area contributed by atoms with Crippen LogP contribution in [0.4, 0.5) is 0 Å². The van der Waals surface area contributed by atoms with Crippen molar-refractivity contribution >= 4 is 17.7 Å². The molecule has 22 heavy (non-hydrogen) atoms. The number of rotatable bonds is 6. The van der Waals surface area contributed by atoms with Crippen LogP contribution in [0, 0.1) is 0 Å². The molecular formula is C16H24N2O3S. The molecule has 0 aromatic heterocycles. The normalized spacial score (nSPS) is 15.0. The van der Waals surface area contributed by atoms with Gasteiger partial charge < -0.3 is 20.1 Å². The molecule has 5 nitrogen and oxygen atoms in total. The van der Waals surface area contributed by atoms with Crippen LogP contribution in [0.15, 0.2) is 23.1 Å². The van der Waals surface area contributed by atoms with Crippen LogP contribution in [0.3, 0.4) is 0 Å². The lowest BCUT2D eigenvalue weighted by atomic mass is 10.3. The van der Waals surface area contributed by atoms with Gasteiger partial charge in [0, 0.05) is 43.1 Å². The van der Waals surface area contributed by atoms with Crippen LogP contribution < -0.4 is 15.2 Å². The molecule has 0 aliphatic carbocycles. The predicted molar refractivity (Wildman–Crippen MR) is 88.7 cm³/mol. The van der Waals surface area contributed by atoms with Crippen LogP contribution in [0.2, 0.25) is 0 Å². The average Bonchev–Trinajstić information content (AvgIpc) is 2.78. The van der Waals surface area contributed by atoms with Gasteiger partial charge in [-0.3, -0.25) is 4.79 Å². The van der Waals surface area contributed by atoms with Gasteiger partial charge in [0.15, 0.2) is 11.5 Å². The van der Waals surface area contributed by atoms with Crippen molar-refractivity contribution in [2.45, 2.75) is 30.7 Å². The largest absolute Gasteiger partial charge is 0.490 e. The third-order valence-corrected chi connectivity index (χ3v) is 4.69. The van der Waals surface area contributed by atoms with Crippen LogP contribution in [0.5, 0.6) is 11.5 Å². The maximum absolute atomic E-state index is 12.0. The van der Waals surface area contributed by atoms with Crippen molar-refractivity contribution in [3.05, 3.63) is 18.2 Å². The Morgan fingerprint density at radius 3 is 2.82 bits per heavy atom. The average molecular weight is 324 g/mol. The fraction of sp³-hybridized carbons (Fsp3) is 0.562. The summed E-state index contributed by atoms with van der Waals surface area (Å²) in [6.07, 6.45) is 1.40. The fourth-order valence-corrected chi connectivity index (χ4v) is 2.94. The Kier molecular flexibility index (Phi) is 6.39. The van der Waals surface area contributed by atoms with E-state index in [-0.39, 0.29) is 11.9 Å². The number of thioether (sulfide) groups is 1. The number of hydrogen-bond acceptors (Lipinski definition) is 5. The molecule has 1 aromatic carbocycles. The number of amides is 1. The molecule has 1 atom stereocenters. The van der Waals surface area contributed by atoms with E-state index in [0.29, 0.717) is 26.2 Å². The molecular weight excluding hydrogens is 300 g/mol. The fourth-order valence-electron chi connectivity index (χ4n) is 2.07. The van der Waals surface area contributed by atoms with Crippen molar-refractivity contribution in [3.8, 4) is 11.5 Å². The summed E-state index contributed by atoms with van der Waals surface area (Å²) in [5.41, 5.74) is 5.58. The Bertz CT molecular complexity index is 510. The van der Waals surface area contributed by atoms with Gasteiger partial charge in [-0.1, -0.05) is 0 Å². The first kappa shape index (κ1) is 17.0. The van der Waals surface area contributed by atoms with E-state index in [0.717, 1.165) is 28.6 Å². The van der Waals surface area contributed by atoms with Crippen LogP contribution in [-0.2, 0) is 4.79 Å². The summed E-state index contributed by atoms with van der Waals surface area (Å²) >= 11 is 1.65. The van der Waals surface area contributed by atoms with Gasteiger partial charge in [-0.15, -0.1) is 11.8 Å². The number of ether oxygens (including phenoxy) is 2. The smallest absolute Gasteiger partial charge is 0.223 e. The first-order chi connectivity index (χ1) is 10.6. The molecule has 2 rings (SSSR count). The van der Waals surface area contributed by atoms with Gasteiger partial charge >= 0.3 is 0 Å². The summed E-state index contributed by atoms with van der Waals surface area (Å²) in [4.78, 5) is 14.8. The van der Waals surface area contributed by atoms with E-state index in [1.807, 2.05) is 25.1 Å². The van der Waals surface area contributed by atoms with Gasteiger partial charge in [0.05, 0.1) is 13.2 Å². The lowest BCUT2D eigenvalue weighted by Gasteiger charge is -2.23. The molecule has 122 valence electrons. The van der Waals surface area contributed by atoms with Crippen molar-refractivity contribution in [3.63, 3.8) is 0 Å². The molecule has 0 fully saturated rings. The van der Waals surface area contributed by atoms with E-state index in [1.165, 1.54) is 0 Å². The summed E-state index contributed by atoms with van der Waals surface area (Å²) in [6.45, 7) is 3.81. The summed E-state index contributed by atoms with van der Waals surface area (Å²) < 4.78 is 11.3. The number of likely N-dealkylation sites (N-methyl/N-ethyl adjacent to an activating group) is 1. The quantitative estimate of drug-likeness (QED) is 0.812. The summed E-state index contributed by atoms with van der Waals surface area (Å²) in [5, 5.41) is 0. The number of benzene rings is 1. The lowest BCUT2D eigenvalue weighted by molar-refractivity contribution is -0.131. The molecule has 1 aliphatic heterocycles. The van der Waals surface area contributed by atoms with E-state index in [2.05, 4.69) is 0 Å². The zero-order valence-electron chi connectivity index (χ0n) is 13.2. The molecule has 0 saturated heterocycles. The summed E-state index contributed by atoms with van der Waals surface area (Å²) in [5.74, 6) is 2.46. The molecule has 1 unspecified atom stereocenters. The number of nitrogens with two attached hydrogens (primary N) is 1. The lowest BCUT2D eigenvalue weighted by Crippen LogP contribution is -2.39. The second-order valence-corrected chi connectivity index (χ2v) is 6.52. The predicted octanol–water partition coefficient (Wildman–Crippen LogP) is 2.14. The highest BCUT2D eigenvalue weighted by Gasteiger charge is 2.15. The van der Waals surface area contributed by atoms with Crippen LogP contribution in [-0.4, -0.2) is 49.4 Å². The van der Waals surface area contributed by atoms with E-state index in [9.17, 15) is 4.79 Å². The van der Waals surface area contributed by atoms with Crippen molar-refractivity contribution < 1.29 is 14.3 Å². The van der Waals surface area contributed by atoms with Gasteiger partial charge in [0.25, 0.3) is 0 Å². The molecule has 0 bridgehead atoms. The first-order valence-corrected chi connectivity index (χ1v) is 8.58. The Labute approximate surface area is 136 Å². The molecule has 0 saturated carbocycles. The number of carbonyl (C=O) groups is 1. The van der Waals surface area contributed by atoms with Gasteiger partial charge in [0.2, 0.25) is 5.91 Å². The number of fused-ring (bicyclic) bond motifs is 1. The molecule has 1 aromatic rings. The first-order valence-electron chi connectivity index (χ1n) is 7.60. The van der Waals surface area contributed by atoms with Gasteiger partial charge in [-0.25, -0.2) is 0 Å². The van der Waals surface area contributed by atoms with Gasteiger partial charge in [-0.05, 0) is 25.1 Å². The topological polar surface area (TPSA) is 64.8 Å². The zero-order chi connectivity index (χ0) is 15.9. The Balaban J connectivity index is 1.84. The molecule has 1 aliphatic rings. The number of hydrogen-bond donors (Lipinski definition) is 1. The van der Waals surface area contributed by atoms with E-state index < -0.39 is 0 Å². The third-order valence-electron chi connectivity index (χ3n) is 3.70. The third kappa shape index (κ3) is 4.55. The zero-order valence-corrected chi connectivity index (χ0v) is 14.0. The van der Waals surface area contributed by atoms with Crippen molar-refractivity contribution in [1.29, 1.82) is 0 Å². The van der Waals surface area contributed by atoms with Gasteiger partial charge in [0.1, 0.15) is 0 Å². The maximum Gasteiger partial charge on any atom is 0.223 e. The van der Waals surface area contributed by atoms with Crippen molar-refractivity contribution in [2.24, 2.45) is 5.73 Å². The standard InChI is InChI=1S/C16H24N2O3S/c1-12(11-17)18(2)16(19)6-9-22-13-4-5-14-15(10-13)21-8-3-7-20-14/h4-5,10,12H,3,6-9,11,17H2,1-2H3. The van der Waals surface area contributed by atoms with Crippen LogP contribution in [0.25, 0.3) is 0 Å². The van der Waals surface area contributed by atoms with E-state index >= 15 is 0 Å². The monoisotopic (exact) mass is 324 g/mol. The van der Waals surface area contributed by atoms with Crippen molar-refractivity contribution in [1.82, 2.24) is 4.90 Å². The van der Waals surface area contributed by atoms with E-state index in [1.54, 1.807) is 23.7 Å². The highest BCUT2D eigenvalue weighted by Crippen LogP contribution is 2.34. The number of carbonyl (C=O) groups excluding carboxylic acids is 1. The molecule has 0 spiro atoms. The molecule has 0 radical (unpaired) electrons. The molecule has 1 heterocycles. The maximum atomic E-state index is 12.0. The second kappa shape index (κ2) is 8.29. The highest BCUT2D eigenvalue weighted by atomic mass is 32.2. The molecule has 6 heteroatoms. The minimum Gasteiger partial charge on any atom is -0.490 e. The minimum atomic E-state index is 0.0792. The van der Waals surface area contributed by atoms with E-state index in [4.69, 9.17) is 15.2 Å². The Morgan fingerprint density at radius 2 is 2.09 bits per heavy atom.